The summed E-state index contributed by atoms with van der Waals surface area (Å²) in [5.74, 6) is 1.35. The van der Waals surface area contributed by atoms with E-state index < -0.39 is 7.52 Å². The van der Waals surface area contributed by atoms with Crippen molar-refractivity contribution in [3.05, 3.63) is 72.0 Å². The zero-order valence-corrected chi connectivity index (χ0v) is 23.4. The molecule has 2 aromatic heterocycles. The predicted molar refractivity (Wildman–Crippen MR) is 148 cm³/mol. The first-order valence-electron chi connectivity index (χ1n) is 12.8. The molecule has 0 spiro atoms. The highest BCUT2D eigenvalue weighted by atomic mass is 31.2. The number of benzene rings is 1. The number of hydrogen-bond donors (Lipinski definition) is 1. The highest BCUT2D eigenvalue weighted by molar-refractivity contribution is 7.56. The first-order chi connectivity index (χ1) is 18.2. The lowest BCUT2D eigenvalue weighted by molar-refractivity contribution is 0.0739. The van der Waals surface area contributed by atoms with Crippen molar-refractivity contribution in [2.75, 3.05) is 32.3 Å². The van der Waals surface area contributed by atoms with Gasteiger partial charge in [0.2, 0.25) is 0 Å². The normalized spacial score (nSPS) is 17.9. The number of hydrogen-bond acceptors (Lipinski definition) is 8. The van der Waals surface area contributed by atoms with Gasteiger partial charge in [-0.15, -0.1) is 0 Å². The third-order valence-corrected chi connectivity index (χ3v) is 8.74. The highest BCUT2D eigenvalue weighted by Crippen LogP contribution is 2.52. The number of aryl methyl sites for hydroxylation is 1. The average molecular weight is 541 g/mol. The van der Waals surface area contributed by atoms with Gasteiger partial charge in [-0.2, -0.15) is 0 Å². The third-order valence-electron chi connectivity index (χ3n) is 6.53. The van der Waals surface area contributed by atoms with E-state index in [1.165, 1.54) is 11.9 Å². The number of allylic oxidation sites excluding steroid dienone is 3. The number of imidazole rings is 1. The lowest BCUT2D eigenvalue weighted by Crippen LogP contribution is -2.26. The molecule has 0 bridgehead atoms. The standard InChI is InChI=1S/C27H37N6O4P/c1-20-9-11-24(12-10-20)37-38(34,32(4)13-14-35-16-23-8-6-5-7-21(23)2)19-36-22(3)15-33-18-31-25-26(28)29-17-30-27(25)33/h5-9,11-12,17-18,20,22H,10,13-16,19H2,1-4H3,(H2,28,29,30)/t20?,22-,38?/m1/s1. The summed E-state index contributed by atoms with van der Waals surface area (Å²) in [6.45, 7) is 7.89. The predicted octanol–water partition coefficient (Wildman–Crippen LogP) is 4.92. The van der Waals surface area contributed by atoms with Crippen molar-refractivity contribution in [1.82, 2.24) is 24.2 Å². The van der Waals surface area contributed by atoms with Crippen LogP contribution in [0.5, 0.6) is 0 Å². The number of ether oxygens (including phenoxy) is 2. The van der Waals surface area contributed by atoms with Gasteiger partial charge in [0.25, 0.3) is 0 Å². The molecule has 0 amide bonds. The SMILES string of the molecule is Cc1ccccc1COCCN(C)P(=O)(CO[C@H](C)Cn1cnc2c(N)ncnc21)OC1=CCC(C)C=C1. The fraction of sp³-hybridized carbons (Fsp3) is 0.444. The second kappa shape index (κ2) is 12.7. The molecule has 11 heteroatoms. The number of anilines is 1. The van der Waals surface area contributed by atoms with Crippen LogP contribution < -0.4 is 5.73 Å². The molecule has 0 saturated carbocycles. The number of nitrogens with two attached hydrogens (primary N) is 1. The monoisotopic (exact) mass is 540 g/mol. The molecule has 4 rings (SSSR count). The van der Waals surface area contributed by atoms with Crippen LogP contribution in [-0.4, -0.2) is 56.8 Å². The number of aromatic nitrogens is 4. The summed E-state index contributed by atoms with van der Waals surface area (Å²) in [5.41, 5.74) is 9.39. The minimum absolute atomic E-state index is 0.0764. The Hall–Kier alpha value is -3.04. The van der Waals surface area contributed by atoms with Crippen LogP contribution in [0.1, 0.15) is 31.4 Å². The van der Waals surface area contributed by atoms with E-state index in [1.54, 1.807) is 18.0 Å². The summed E-state index contributed by atoms with van der Waals surface area (Å²) >= 11 is 0. The Morgan fingerprint density at radius 1 is 1.26 bits per heavy atom. The lowest BCUT2D eigenvalue weighted by Gasteiger charge is -2.30. The summed E-state index contributed by atoms with van der Waals surface area (Å²) in [6.07, 6.45) is 9.46. The molecule has 2 heterocycles. The molecule has 0 saturated heterocycles. The quantitative estimate of drug-likeness (QED) is 0.238. The van der Waals surface area contributed by atoms with E-state index >= 15 is 0 Å². The molecular formula is C27H37N6O4P. The largest absolute Gasteiger partial charge is 0.431 e. The minimum atomic E-state index is -3.38. The van der Waals surface area contributed by atoms with Gasteiger partial charge in [-0.25, -0.2) is 19.6 Å². The van der Waals surface area contributed by atoms with Crippen molar-refractivity contribution >= 4 is 24.5 Å². The van der Waals surface area contributed by atoms with Crippen LogP contribution in [0.4, 0.5) is 5.82 Å². The van der Waals surface area contributed by atoms with E-state index in [4.69, 9.17) is 19.7 Å². The van der Waals surface area contributed by atoms with Crippen LogP contribution in [0.25, 0.3) is 11.2 Å². The summed E-state index contributed by atoms with van der Waals surface area (Å²) in [4.78, 5) is 12.6. The van der Waals surface area contributed by atoms with E-state index in [0.29, 0.717) is 55.0 Å². The van der Waals surface area contributed by atoms with Crippen LogP contribution in [0.3, 0.4) is 0 Å². The van der Waals surface area contributed by atoms with Crippen molar-refractivity contribution in [2.24, 2.45) is 5.92 Å². The van der Waals surface area contributed by atoms with Gasteiger partial charge in [-0.1, -0.05) is 37.3 Å². The number of nitrogen functional groups attached to an aromatic ring is 1. The summed E-state index contributed by atoms with van der Waals surface area (Å²) in [6, 6.07) is 8.12. The second-order valence-corrected chi connectivity index (χ2v) is 12.1. The van der Waals surface area contributed by atoms with Gasteiger partial charge >= 0.3 is 7.52 Å². The number of likely N-dealkylation sites (N-methyl/N-ethyl adjacent to an activating group) is 1. The molecule has 0 aliphatic heterocycles. The Kier molecular flexibility index (Phi) is 9.33. The molecular weight excluding hydrogens is 503 g/mol. The summed E-state index contributed by atoms with van der Waals surface area (Å²) < 4.78 is 35.8. The van der Waals surface area contributed by atoms with E-state index in [-0.39, 0.29) is 12.5 Å². The Morgan fingerprint density at radius 3 is 2.84 bits per heavy atom. The van der Waals surface area contributed by atoms with Crippen molar-refractivity contribution in [3.63, 3.8) is 0 Å². The Morgan fingerprint density at radius 2 is 2.08 bits per heavy atom. The van der Waals surface area contributed by atoms with E-state index in [9.17, 15) is 4.57 Å². The van der Waals surface area contributed by atoms with Gasteiger partial charge in [-0.05, 0) is 56.5 Å². The molecule has 3 atom stereocenters. The second-order valence-electron chi connectivity index (χ2n) is 9.70. The van der Waals surface area contributed by atoms with Crippen LogP contribution in [0, 0.1) is 12.8 Å². The number of rotatable bonds is 13. The zero-order valence-electron chi connectivity index (χ0n) is 22.5. The first kappa shape index (κ1) is 28.0. The van der Waals surface area contributed by atoms with Crippen molar-refractivity contribution in [3.8, 4) is 0 Å². The van der Waals surface area contributed by atoms with Crippen LogP contribution in [0.15, 0.2) is 60.9 Å². The Bertz CT molecular complexity index is 1340. The molecule has 3 aromatic rings. The highest BCUT2D eigenvalue weighted by Gasteiger charge is 2.32. The van der Waals surface area contributed by atoms with Crippen LogP contribution in [-0.2, 0) is 31.7 Å². The van der Waals surface area contributed by atoms with Gasteiger partial charge < -0.3 is 24.3 Å². The van der Waals surface area contributed by atoms with Crippen molar-refractivity contribution < 1.29 is 18.6 Å². The van der Waals surface area contributed by atoms with E-state index in [0.717, 1.165) is 12.0 Å². The topological polar surface area (TPSA) is 118 Å². The number of fused-ring (bicyclic) bond motifs is 1. The molecule has 204 valence electrons. The zero-order chi connectivity index (χ0) is 27.1. The molecule has 2 N–H and O–H groups in total. The van der Waals surface area contributed by atoms with Crippen LogP contribution in [0.2, 0.25) is 0 Å². The Balaban J connectivity index is 1.38. The average Bonchev–Trinajstić information content (AvgIpc) is 3.31. The fourth-order valence-corrected chi connectivity index (χ4v) is 5.70. The van der Waals surface area contributed by atoms with E-state index in [2.05, 4.69) is 47.0 Å². The first-order valence-corrected chi connectivity index (χ1v) is 14.5. The van der Waals surface area contributed by atoms with Gasteiger partial charge in [0.05, 0.1) is 32.2 Å². The van der Waals surface area contributed by atoms with Gasteiger partial charge in [0.1, 0.15) is 24.0 Å². The third kappa shape index (κ3) is 7.08. The maximum absolute atomic E-state index is 14.1. The van der Waals surface area contributed by atoms with Gasteiger partial charge in [0.15, 0.2) is 11.5 Å². The maximum Gasteiger partial charge on any atom is 0.344 e. The summed E-state index contributed by atoms with van der Waals surface area (Å²) in [5, 5.41) is 0. The summed E-state index contributed by atoms with van der Waals surface area (Å²) in [7, 11) is -1.60. The molecule has 1 aliphatic carbocycles. The van der Waals surface area contributed by atoms with Gasteiger partial charge in [-0.3, -0.25) is 4.57 Å². The molecule has 2 unspecified atom stereocenters. The molecule has 10 nitrogen and oxygen atoms in total. The van der Waals surface area contributed by atoms with Crippen LogP contribution >= 0.6 is 7.52 Å². The van der Waals surface area contributed by atoms with Gasteiger partial charge in [0, 0.05) is 6.54 Å². The Labute approximate surface area is 224 Å². The molecule has 1 aromatic carbocycles. The molecule has 1 aliphatic rings. The van der Waals surface area contributed by atoms with Crippen molar-refractivity contribution in [1.29, 1.82) is 0 Å². The van der Waals surface area contributed by atoms with E-state index in [1.807, 2.05) is 35.8 Å². The molecule has 38 heavy (non-hydrogen) atoms. The van der Waals surface area contributed by atoms with Crippen molar-refractivity contribution in [2.45, 2.75) is 46.4 Å². The smallest absolute Gasteiger partial charge is 0.344 e. The maximum atomic E-state index is 14.1. The number of nitrogens with zero attached hydrogens (tertiary/aromatic N) is 5. The minimum Gasteiger partial charge on any atom is -0.431 e. The fourth-order valence-electron chi connectivity index (χ4n) is 4.02. The lowest BCUT2D eigenvalue weighted by atomic mass is 10.0. The molecule has 0 fully saturated rings. The molecule has 0 radical (unpaired) electrons.